The van der Waals surface area contributed by atoms with Gasteiger partial charge in [0, 0.05) is 10.7 Å². The van der Waals surface area contributed by atoms with Crippen LogP contribution in [0.5, 0.6) is 0 Å². The molecule has 30 heavy (non-hydrogen) atoms. The second-order valence-electron chi connectivity index (χ2n) is 6.58. The monoisotopic (exact) mass is 449 g/mol. The lowest BCUT2D eigenvalue weighted by molar-refractivity contribution is -0.123. The van der Waals surface area contributed by atoms with Gasteiger partial charge in [-0.1, -0.05) is 41.4 Å². The minimum absolute atomic E-state index is 0.0705. The molecule has 0 radical (unpaired) electrons. The van der Waals surface area contributed by atoms with Gasteiger partial charge in [-0.05, 0) is 49.7 Å². The molecule has 9 heteroatoms. The van der Waals surface area contributed by atoms with Gasteiger partial charge in [0.2, 0.25) is 0 Å². The summed E-state index contributed by atoms with van der Waals surface area (Å²) in [5.41, 5.74) is 1.67. The number of amides is 1. The Labute approximate surface area is 182 Å². The van der Waals surface area contributed by atoms with Gasteiger partial charge in [0.1, 0.15) is 16.5 Å². The van der Waals surface area contributed by atoms with Gasteiger partial charge >= 0.3 is 5.97 Å². The molecule has 0 aliphatic rings. The summed E-state index contributed by atoms with van der Waals surface area (Å²) in [6.07, 6.45) is -1.08. The average Bonchev–Trinajstić information content (AvgIpc) is 2.96. The zero-order chi connectivity index (χ0) is 21.8. The van der Waals surface area contributed by atoms with Crippen molar-refractivity contribution in [3.8, 4) is 0 Å². The molecule has 0 fully saturated rings. The van der Waals surface area contributed by atoms with Crippen LogP contribution in [-0.2, 0) is 16.1 Å². The predicted molar refractivity (Wildman–Crippen MR) is 112 cm³/mol. The number of anilines is 1. The van der Waals surface area contributed by atoms with Crippen molar-refractivity contribution in [2.75, 3.05) is 5.32 Å². The number of carbonyl (C=O) groups excluding carboxylic acids is 2. The molecular formula is C21H18Cl2FN3O3. The zero-order valence-corrected chi connectivity index (χ0v) is 17.7. The first-order valence-corrected chi connectivity index (χ1v) is 9.75. The number of nitrogens with zero attached hydrogens (tertiary/aromatic N) is 2. The number of rotatable bonds is 6. The van der Waals surface area contributed by atoms with E-state index in [2.05, 4.69) is 10.4 Å². The standard InChI is InChI=1S/C21H18Cl2FN3O3/c1-12-18(19(23)27(26-12)11-14-6-8-16(24)9-7-14)21(29)30-13(2)20(28)25-17-5-3-4-15(22)10-17/h3-10,13H,11H2,1-2H3,(H,25,28). The first-order chi connectivity index (χ1) is 14.2. The summed E-state index contributed by atoms with van der Waals surface area (Å²) in [6.45, 7) is 3.31. The van der Waals surface area contributed by atoms with Crippen LogP contribution in [0.3, 0.4) is 0 Å². The molecule has 0 spiro atoms. The number of carbonyl (C=O) groups is 2. The number of esters is 1. The van der Waals surface area contributed by atoms with Crippen LogP contribution in [0.2, 0.25) is 10.2 Å². The molecule has 1 heterocycles. The summed E-state index contributed by atoms with van der Waals surface area (Å²) in [7, 11) is 0. The molecule has 0 saturated carbocycles. The molecule has 0 aliphatic carbocycles. The topological polar surface area (TPSA) is 73.2 Å². The number of hydrogen-bond acceptors (Lipinski definition) is 4. The van der Waals surface area contributed by atoms with Gasteiger partial charge in [-0.3, -0.25) is 4.79 Å². The van der Waals surface area contributed by atoms with Crippen molar-refractivity contribution in [3.05, 3.63) is 81.3 Å². The lowest BCUT2D eigenvalue weighted by atomic mass is 10.2. The molecule has 156 valence electrons. The van der Waals surface area contributed by atoms with E-state index < -0.39 is 18.0 Å². The lowest BCUT2D eigenvalue weighted by Gasteiger charge is -2.13. The molecule has 0 aliphatic heterocycles. The third kappa shape index (κ3) is 5.17. The molecule has 1 atom stereocenters. The molecular weight excluding hydrogens is 432 g/mol. The largest absolute Gasteiger partial charge is 0.449 e. The Balaban J connectivity index is 1.69. The smallest absolute Gasteiger partial charge is 0.343 e. The summed E-state index contributed by atoms with van der Waals surface area (Å²) in [6, 6.07) is 12.5. The fourth-order valence-corrected chi connectivity index (χ4v) is 3.24. The fourth-order valence-electron chi connectivity index (χ4n) is 2.74. The minimum Gasteiger partial charge on any atom is -0.449 e. The maximum absolute atomic E-state index is 13.1. The highest BCUT2D eigenvalue weighted by atomic mass is 35.5. The van der Waals surface area contributed by atoms with Gasteiger partial charge in [-0.15, -0.1) is 0 Å². The van der Waals surface area contributed by atoms with E-state index in [-0.39, 0.29) is 23.1 Å². The van der Waals surface area contributed by atoms with E-state index >= 15 is 0 Å². The first-order valence-electron chi connectivity index (χ1n) is 8.99. The van der Waals surface area contributed by atoms with Crippen molar-refractivity contribution in [2.45, 2.75) is 26.5 Å². The maximum atomic E-state index is 13.1. The molecule has 1 unspecified atom stereocenters. The highest BCUT2D eigenvalue weighted by Gasteiger charge is 2.26. The van der Waals surface area contributed by atoms with Crippen molar-refractivity contribution >= 4 is 40.8 Å². The fraction of sp³-hybridized carbons (Fsp3) is 0.190. The van der Waals surface area contributed by atoms with Gasteiger partial charge in [-0.2, -0.15) is 5.10 Å². The summed E-state index contributed by atoms with van der Waals surface area (Å²) in [4.78, 5) is 24.9. The number of benzene rings is 2. The van der Waals surface area contributed by atoms with E-state index in [1.807, 2.05) is 0 Å². The number of aromatic nitrogens is 2. The number of ether oxygens (including phenoxy) is 1. The Morgan fingerprint density at radius 1 is 1.20 bits per heavy atom. The van der Waals surface area contributed by atoms with Gasteiger partial charge in [0.25, 0.3) is 5.91 Å². The van der Waals surface area contributed by atoms with Gasteiger partial charge in [0.05, 0.1) is 12.2 Å². The highest BCUT2D eigenvalue weighted by molar-refractivity contribution is 6.32. The summed E-state index contributed by atoms with van der Waals surface area (Å²) >= 11 is 12.2. The second-order valence-corrected chi connectivity index (χ2v) is 7.38. The van der Waals surface area contributed by atoms with Crippen molar-refractivity contribution in [2.24, 2.45) is 0 Å². The Morgan fingerprint density at radius 2 is 1.90 bits per heavy atom. The molecule has 3 aromatic rings. The van der Waals surface area contributed by atoms with Gasteiger partial charge in [0.15, 0.2) is 6.10 Å². The normalized spacial score (nSPS) is 11.8. The van der Waals surface area contributed by atoms with Gasteiger partial charge in [-0.25, -0.2) is 13.9 Å². The third-order valence-electron chi connectivity index (χ3n) is 4.26. The van der Waals surface area contributed by atoms with Crippen LogP contribution in [-0.4, -0.2) is 27.8 Å². The number of hydrogen-bond donors (Lipinski definition) is 1. The zero-order valence-electron chi connectivity index (χ0n) is 16.2. The van der Waals surface area contributed by atoms with Crippen LogP contribution in [0.25, 0.3) is 0 Å². The minimum atomic E-state index is -1.08. The third-order valence-corrected chi connectivity index (χ3v) is 4.88. The second kappa shape index (κ2) is 9.28. The Hall–Kier alpha value is -2.90. The molecule has 1 aromatic heterocycles. The molecule has 0 saturated heterocycles. The quantitative estimate of drug-likeness (QED) is 0.544. The molecule has 6 nitrogen and oxygen atoms in total. The van der Waals surface area contributed by atoms with Crippen LogP contribution in [0.15, 0.2) is 48.5 Å². The van der Waals surface area contributed by atoms with Crippen molar-refractivity contribution in [3.63, 3.8) is 0 Å². The SMILES string of the molecule is Cc1nn(Cc2ccc(F)cc2)c(Cl)c1C(=O)OC(C)C(=O)Nc1cccc(Cl)c1. The number of halogens is 3. The lowest BCUT2D eigenvalue weighted by Crippen LogP contribution is -2.30. The predicted octanol–water partition coefficient (Wildman–Crippen LogP) is 4.87. The van der Waals surface area contributed by atoms with E-state index in [4.69, 9.17) is 27.9 Å². The van der Waals surface area contributed by atoms with Crippen molar-refractivity contribution in [1.82, 2.24) is 9.78 Å². The van der Waals surface area contributed by atoms with Crippen LogP contribution in [0.4, 0.5) is 10.1 Å². The molecule has 1 amide bonds. The number of nitrogens with one attached hydrogen (secondary N) is 1. The van der Waals surface area contributed by atoms with E-state index in [0.717, 1.165) is 5.56 Å². The van der Waals surface area contributed by atoms with Crippen molar-refractivity contribution in [1.29, 1.82) is 0 Å². The first kappa shape index (κ1) is 21.8. The van der Waals surface area contributed by atoms with E-state index in [0.29, 0.717) is 16.4 Å². The van der Waals surface area contributed by atoms with E-state index in [9.17, 15) is 14.0 Å². The Bertz CT molecular complexity index is 1080. The van der Waals surface area contributed by atoms with Crippen molar-refractivity contribution < 1.29 is 18.7 Å². The van der Waals surface area contributed by atoms with E-state index in [1.165, 1.54) is 23.7 Å². The summed E-state index contributed by atoms with van der Waals surface area (Å²) in [5.74, 6) is -1.63. The van der Waals surface area contributed by atoms with Crippen LogP contribution < -0.4 is 5.32 Å². The van der Waals surface area contributed by atoms with Crippen LogP contribution in [0, 0.1) is 12.7 Å². The van der Waals surface area contributed by atoms with Crippen LogP contribution >= 0.6 is 23.2 Å². The number of aryl methyl sites for hydroxylation is 1. The molecule has 2 aromatic carbocycles. The molecule has 1 N–H and O–H groups in total. The summed E-state index contributed by atoms with van der Waals surface area (Å²) in [5, 5.41) is 7.42. The van der Waals surface area contributed by atoms with Gasteiger partial charge < -0.3 is 10.1 Å². The molecule has 0 bridgehead atoms. The maximum Gasteiger partial charge on any atom is 0.343 e. The Kier molecular flexibility index (Phi) is 6.74. The average molecular weight is 450 g/mol. The Morgan fingerprint density at radius 3 is 2.57 bits per heavy atom. The highest BCUT2D eigenvalue weighted by Crippen LogP contribution is 2.23. The van der Waals surface area contributed by atoms with E-state index in [1.54, 1.807) is 43.3 Å². The summed E-state index contributed by atoms with van der Waals surface area (Å²) < 4.78 is 19.8. The van der Waals surface area contributed by atoms with Crippen LogP contribution in [0.1, 0.15) is 28.5 Å². The molecule has 3 rings (SSSR count).